The highest BCUT2D eigenvalue weighted by Gasteiger charge is 2.35. The summed E-state index contributed by atoms with van der Waals surface area (Å²) in [5.41, 5.74) is 1.61. The van der Waals surface area contributed by atoms with Crippen molar-refractivity contribution in [3.8, 4) is 5.75 Å². The molecule has 1 N–H and O–H groups in total. The highest BCUT2D eigenvalue weighted by molar-refractivity contribution is 5.46. The number of hydrogen-bond donors (Lipinski definition) is 1. The average Bonchev–Trinajstić information content (AvgIpc) is 2.85. The van der Waals surface area contributed by atoms with E-state index in [1.165, 1.54) is 4.68 Å². The number of para-hydroxylation sites is 1. The van der Waals surface area contributed by atoms with Gasteiger partial charge in [-0.3, -0.25) is 0 Å². The Morgan fingerprint density at radius 2 is 2.14 bits per heavy atom. The Labute approximate surface area is 121 Å². The molecule has 21 heavy (non-hydrogen) atoms. The lowest BCUT2D eigenvalue weighted by molar-refractivity contribution is 0.0655. The Bertz CT molecular complexity index is 642. The van der Waals surface area contributed by atoms with Gasteiger partial charge < -0.3 is 10.1 Å². The van der Waals surface area contributed by atoms with E-state index in [1.54, 1.807) is 20.1 Å². The topological polar surface area (TPSA) is 39.1 Å². The molecule has 6 heteroatoms. The van der Waals surface area contributed by atoms with Crippen molar-refractivity contribution in [3.63, 3.8) is 0 Å². The second-order valence-corrected chi connectivity index (χ2v) is 5.19. The molecule has 0 aliphatic carbocycles. The van der Waals surface area contributed by atoms with Crippen molar-refractivity contribution in [1.29, 1.82) is 0 Å². The molecule has 4 nitrogen and oxygen atoms in total. The van der Waals surface area contributed by atoms with Crippen LogP contribution in [0.4, 0.5) is 14.6 Å². The number of hydrogen-bond acceptors (Lipinski definition) is 3. The number of nitrogens with one attached hydrogen (secondary N) is 1. The Hall–Kier alpha value is -2.11. The fraction of sp³-hybridized carbons (Fsp3) is 0.400. The van der Waals surface area contributed by atoms with Crippen molar-refractivity contribution in [2.45, 2.75) is 31.9 Å². The zero-order valence-electron chi connectivity index (χ0n) is 11.9. The molecule has 0 saturated heterocycles. The monoisotopic (exact) mass is 293 g/mol. The third-order valence-corrected chi connectivity index (χ3v) is 3.78. The van der Waals surface area contributed by atoms with E-state index in [0.717, 1.165) is 11.3 Å². The first-order chi connectivity index (χ1) is 10.1. The van der Waals surface area contributed by atoms with E-state index in [9.17, 15) is 8.78 Å². The molecule has 1 aliphatic heterocycles. The van der Waals surface area contributed by atoms with Crippen LogP contribution in [0.5, 0.6) is 5.75 Å². The molecule has 0 amide bonds. The normalized spacial score (nSPS) is 21.0. The average molecular weight is 293 g/mol. The molecule has 2 aromatic rings. The van der Waals surface area contributed by atoms with E-state index in [1.807, 2.05) is 24.3 Å². The van der Waals surface area contributed by atoms with Crippen LogP contribution in [-0.4, -0.2) is 23.3 Å². The van der Waals surface area contributed by atoms with Gasteiger partial charge in [0, 0.05) is 11.6 Å². The van der Waals surface area contributed by atoms with E-state index in [4.69, 9.17) is 4.74 Å². The number of ether oxygens (including phenoxy) is 1. The summed E-state index contributed by atoms with van der Waals surface area (Å²) in [7, 11) is 1.58. The van der Waals surface area contributed by atoms with Crippen LogP contribution in [0.15, 0.2) is 30.3 Å². The number of rotatable bonds is 3. The largest absolute Gasteiger partial charge is 0.496 e. The Balaban J connectivity index is 2.00. The van der Waals surface area contributed by atoms with Crippen LogP contribution in [0.1, 0.15) is 29.8 Å². The van der Waals surface area contributed by atoms with E-state index in [2.05, 4.69) is 10.4 Å². The molecule has 3 rings (SSSR count). The van der Waals surface area contributed by atoms with Gasteiger partial charge in [-0.25, -0.2) is 13.5 Å². The zero-order valence-corrected chi connectivity index (χ0v) is 11.9. The van der Waals surface area contributed by atoms with Crippen molar-refractivity contribution in [2.75, 3.05) is 12.4 Å². The summed E-state index contributed by atoms with van der Waals surface area (Å²) in [5.74, 6) is 1.33. The molecule has 0 bridgehead atoms. The highest BCUT2D eigenvalue weighted by Crippen LogP contribution is 2.40. The summed E-state index contributed by atoms with van der Waals surface area (Å²) < 4.78 is 33.5. The van der Waals surface area contributed by atoms with Gasteiger partial charge in [0.15, 0.2) is 0 Å². The molecule has 0 radical (unpaired) electrons. The van der Waals surface area contributed by atoms with Gasteiger partial charge in [-0.1, -0.05) is 18.2 Å². The maximum Gasteiger partial charge on any atom is 0.260 e. The van der Waals surface area contributed by atoms with Gasteiger partial charge in [0.25, 0.3) is 6.43 Å². The molecule has 2 atom stereocenters. The van der Waals surface area contributed by atoms with Crippen LogP contribution in [0.25, 0.3) is 0 Å². The minimum absolute atomic E-state index is 0.219. The molecular weight excluding hydrogens is 276 g/mol. The summed E-state index contributed by atoms with van der Waals surface area (Å²) in [6.45, 7) is 1.80. The smallest absolute Gasteiger partial charge is 0.260 e. The Kier molecular flexibility index (Phi) is 3.53. The van der Waals surface area contributed by atoms with Gasteiger partial charge in [0.05, 0.1) is 18.8 Å². The molecule has 0 fully saturated rings. The van der Waals surface area contributed by atoms with Gasteiger partial charge >= 0.3 is 0 Å². The summed E-state index contributed by atoms with van der Waals surface area (Å²) in [6, 6.07) is 8.13. The first kappa shape index (κ1) is 13.9. The molecule has 0 spiro atoms. The molecular formula is C15H17F2N3O. The number of fused-ring (bicyclic) bond motifs is 1. The van der Waals surface area contributed by atoms with Crippen LogP contribution in [-0.2, 0) is 0 Å². The Morgan fingerprint density at radius 3 is 2.86 bits per heavy atom. The van der Waals surface area contributed by atoms with Gasteiger partial charge in [-0.05, 0) is 19.4 Å². The lowest BCUT2D eigenvalue weighted by Gasteiger charge is -2.32. The maximum absolute atomic E-state index is 13.4. The number of nitrogens with zero attached hydrogens (tertiary/aromatic N) is 2. The zero-order chi connectivity index (χ0) is 15.0. The van der Waals surface area contributed by atoms with Crippen LogP contribution in [0.2, 0.25) is 0 Å². The number of anilines is 1. The van der Waals surface area contributed by atoms with Gasteiger partial charge in [-0.15, -0.1) is 0 Å². The summed E-state index contributed by atoms with van der Waals surface area (Å²) in [6.07, 6.45) is -2.19. The van der Waals surface area contributed by atoms with Crippen LogP contribution < -0.4 is 10.1 Å². The number of aromatic nitrogens is 2. The standard InChI is InChI=1S/C15H17F2N3O/c1-9-7-14-18-11(8-12(15(16)17)20(14)19-9)10-5-3-4-6-13(10)21-2/h3-7,11-12,15,18H,8H2,1-2H3/t11-,12-/m1/s1. The SMILES string of the molecule is COc1ccccc1[C@H]1C[C@H](C(F)F)n2nc(C)cc2N1. The predicted octanol–water partition coefficient (Wildman–Crippen LogP) is 3.56. The van der Waals surface area contributed by atoms with Crippen molar-refractivity contribution >= 4 is 5.82 Å². The predicted molar refractivity (Wildman–Crippen MR) is 76.0 cm³/mol. The minimum Gasteiger partial charge on any atom is -0.496 e. The van der Waals surface area contributed by atoms with Crippen molar-refractivity contribution in [3.05, 3.63) is 41.6 Å². The number of methoxy groups -OCH3 is 1. The second-order valence-electron chi connectivity index (χ2n) is 5.19. The summed E-state index contributed by atoms with van der Waals surface area (Å²) in [5, 5.41) is 7.45. The second kappa shape index (κ2) is 5.35. The van der Waals surface area contributed by atoms with Crippen molar-refractivity contribution < 1.29 is 13.5 Å². The van der Waals surface area contributed by atoms with Gasteiger partial charge in [0.1, 0.15) is 17.6 Å². The molecule has 2 heterocycles. The quantitative estimate of drug-likeness (QED) is 0.940. The minimum atomic E-state index is -2.46. The molecule has 112 valence electrons. The first-order valence-electron chi connectivity index (χ1n) is 6.84. The fourth-order valence-electron chi connectivity index (χ4n) is 2.82. The van der Waals surface area contributed by atoms with Crippen molar-refractivity contribution in [1.82, 2.24) is 9.78 Å². The Morgan fingerprint density at radius 1 is 1.38 bits per heavy atom. The third-order valence-electron chi connectivity index (χ3n) is 3.78. The molecule has 1 aliphatic rings. The maximum atomic E-state index is 13.4. The molecule has 0 unspecified atom stereocenters. The summed E-state index contributed by atoms with van der Waals surface area (Å²) >= 11 is 0. The lowest BCUT2D eigenvalue weighted by atomic mass is 9.96. The van der Waals surface area contributed by atoms with Crippen LogP contribution >= 0.6 is 0 Å². The van der Waals surface area contributed by atoms with E-state index in [0.29, 0.717) is 11.6 Å². The van der Waals surface area contributed by atoms with Gasteiger partial charge in [-0.2, -0.15) is 5.10 Å². The highest BCUT2D eigenvalue weighted by atomic mass is 19.3. The number of alkyl halides is 2. The van der Waals surface area contributed by atoms with Crippen molar-refractivity contribution in [2.24, 2.45) is 0 Å². The lowest BCUT2D eigenvalue weighted by Crippen LogP contribution is -2.31. The number of aryl methyl sites for hydroxylation is 1. The van der Waals surface area contributed by atoms with E-state index in [-0.39, 0.29) is 12.5 Å². The molecule has 1 aromatic carbocycles. The third kappa shape index (κ3) is 2.46. The molecule has 1 aromatic heterocycles. The number of halogens is 2. The van der Waals surface area contributed by atoms with Gasteiger partial charge in [0.2, 0.25) is 0 Å². The first-order valence-corrected chi connectivity index (χ1v) is 6.84. The van der Waals surface area contributed by atoms with Crippen LogP contribution in [0, 0.1) is 6.92 Å². The molecule has 0 saturated carbocycles. The fourth-order valence-corrected chi connectivity index (χ4v) is 2.82. The number of benzene rings is 1. The van der Waals surface area contributed by atoms with Crippen LogP contribution in [0.3, 0.4) is 0 Å². The van der Waals surface area contributed by atoms with E-state index < -0.39 is 12.5 Å². The van der Waals surface area contributed by atoms with E-state index >= 15 is 0 Å². The summed E-state index contributed by atoms with van der Waals surface area (Å²) in [4.78, 5) is 0.